The summed E-state index contributed by atoms with van der Waals surface area (Å²) in [5, 5.41) is 0. The first-order valence-electron chi connectivity index (χ1n) is 7.31. The van der Waals surface area contributed by atoms with Gasteiger partial charge >= 0.3 is 0 Å². The largest absolute Gasteiger partial charge is 0.381 e. The highest BCUT2D eigenvalue weighted by Crippen LogP contribution is 2.30. The van der Waals surface area contributed by atoms with Gasteiger partial charge in [0.2, 0.25) is 5.91 Å². The number of nitrogens with zero attached hydrogens (tertiary/aromatic N) is 1. The highest BCUT2D eigenvalue weighted by Gasteiger charge is 2.35. The summed E-state index contributed by atoms with van der Waals surface area (Å²) in [4.78, 5) is 14.5. The van der Waals surface area contributed by atoms with Gasteiger partial charge in [0, 0.05) is 31.5 Å². The summed E-state index contributed by atoms with van der Waals surface area (Å²) in [5.74, 6) is 1.20. The van der Waals surface area contributed by atoms with Crippen LogP contribution in [0.15, 0.2) is 0 Å². The van der Waals surface area contributed by atoms with Crippen LogP contribution in [0.5, 0.6) is 0 Å². The maximum atomic E-state index is 12.4. The topological polar surface area (TPSA) is 55.6 Å². The standard InChI is InChI=1S/C14H26N2O2/c1-2-11(8-15)7-14(17)16(13-3-4-13)9-12-5-6-18-10-12/h11-13H,2-10,15H2,1H3. The summed E-state index contributed by atoms with van der Waals surface area (Å²) < 4.78 is 5.40. The van der Waals surface area contributed by atoms with Gasteiger partial charge in [-0.15, -0.1) is 0 Å². The van der Waals surface area contributed by atoms with Crippen molar-refractivity contribution < 1.29 is 9.53 Å². The lowest BCUT2D eigenvalue weighted by atomic mass is 10.0. The lowest BCUT2D eigenvalue weighted by Crippen LogP contribution is -2.39. The summed E-state index contributed by atoms with van der Waals surface area (Å²) in [5.41, 5.74) is 5.70. The predicted molar refractivity (Wildman–Crippen MR) is 71.1 cm³/mol. The molecule has 2 fully saturated rings. The zero-order valence-electron chi connectivity index (χ0n) is 11.4. The second kappa shape index (κ2) is 6.53. The average Bonchev–Trinajstić information content (AvgIpc) is 3.09. The van der Waals surface area contributed by atoms with Crippen LogP contribution in [0.1, 0.15) is 39.0 Å². The number of hydrogen-bond donors (Lipinski definition) is 1. The van der Waals surface area contributed by atoms with E-state index in [9.17, 15) is 4.79 Å². The number of amides is 1. The highest BCUT2D eigenvalue weighted by molar-refractivity contribution is 5.77. The van der Waals surface area contributed by atoms with Crippen LogP contribution >= 0.6 is 0 Å². The number of ether oxygens (including phenoxy) is 1. The monoisotopic (exact) mass is 254 g/mol. The van der Waals surface area contributed by atoms with Crippen LogP contribution in [-0.2, 0) is 9.53 Å². The molecule has 4 heteroatoms. The van der Waals surface area contributed by atoms with Gasteiger partial charge in [-0.25, -0.2) is 0 Å². The molecule has 1 heterocycles. The molecule has 2 atom stereocenters. The molecule has 2 unspecified atom stereocenters. The normalized spacial score (nSPS) is 25.1. The van der Waals surface area contributed by atoms with Gasteiger partial charge in [0.15, 0.2) is 0 Å². The van der Waals surface area contributed by atoms with Crippen LogP contribution in [-0.4, -0.2) is 43.2 Å². The summed E-state index contributed by atoms with van der Waals surface area (Å²) >= 11 is 0. The van der Waals surface area contributed by atoms with E-state index in [0.29, 0.717) is 36.8 Å². The Kier molecular flexibility index (Phi) is 5.01. The average molecular weight is 254 g/mol. The van der Waals surface area contributed by atoms with Crippen LogP contribution in [0.4, 0.5) is 0 Å². The molecule has 1 amide bonds. The van der Waals surface area contributed by atoms with Crippen molar-refractivity contribution in [2.24, 2.45) is 17.6 Å². The van der Waals surface area contributed by atoms with E-state index in [1.54, 1.807) is 0 Å². The van der Waals surface area contributed by atoms with Gasteiger partial charge in [-0.1, -0.05) is 13.3 Å². The molecule has 1 saturated carbocycles. The summed E-state index contributed by atoms with van der Waals surface area (Å²) in [6.45, 7) is 5.30. The van der Waals surface area contributed by atoms with E-state index in [2.05, 4.69) is 11.8 Å². The number of carbonyl (C=O) groups excluding carboxylic acids is 1. The lowest BCUT2D eigenvalue weighted by molar-refractivity contribution is -0.133. The Hall–Kier alpha value is -0.610. The van der Waals surface area contributed by atoms with E-state index in [-0.39, 0.29) is 0 Å². The second-order valence-corrected chi connectivity index (χ2v) is 5.72. The van der Waals surface area contributed by atoms with Crippen molar-refractivity contribution in [1.82, 2.24) is 4.90 Å². The molecule has 0 aromatic carbocycles. The number of rotatable bonds is 7. The first kappa shape index (κ1) is 13.8. The Morgan fingerprint density at radius 3 is 2.72 bits per heavy atom. The third kappa shape index (κ3) is 3.69. The minimum absolute atomic E-state index is 0.307. The van der Waals surface area contributed by atoms with Crippen LogP contribution in [0, 0.1) is 11.8 Å². The molecule has 2 N–H and O–H groups in total. The molecular formula is C14H26N2O2. The quantitative estimate of drug-likeness (QED) is 0.747. The van der Waals surface area contributed by atoms with Gasteiger partial charge in [-0.2, -0.15) is 0 Å². The number of nitrogens with two attached hydrogens (primary N) is 1. The molecule has 0 spiro atoms. The molecule has 0 radical (unpaired) electrons. The summed E-state index contributed by atoms with van der Waals surface area (Å²) in [7, 11) is 0. The molecule has 0 aromatic heterocycles. The van der Waals surface area contributed by atoms with E-state index in [0.717, 1.165) is 32.6 Å². The number of hydrogen-bond acceptors (Lipinski definition) is 3. The van der Waals surface area contributed by atoms with E-state index >= 15 is 0 Å². The maximum absolute atomic E-state index is 12.4. The second-order valence-electron chi connectivity index (χ2n) is 5.72. The minimum Gasteiger partial charge on any atom is -0.381 e. The van der Waals surface area contributed by atoms with Crippen molar-refractivity contribution in [3.8, 4) is 0 Å². The number of carbonyl (C=O) groups is 1. The Balaban J connectivity index is 1.85. The molecule has 1 saturated heterocycles. The Labute approximate surface area is 110 Å². The zero-order valence-corrected chi connectivity index (χ0v) is 11.4. The van der Waals surface area contributed by atoms with Gasteiger partial charge in [0.05, 0.1) is 6.61 Å². The SMILES string of the molecule is CCC(CN)CC(=O)N(CC1CCOC1)C1CC1. The van der Waals surface area contributed by atoms with Gasteiger partial charge in [0.1, 0.15) is 0 Å². The minimum atomic E-state index is 0.307. The fourth-order valence-corrected chi connectivity index (χ4v) is 2.60. The maximum Gasteiger partial charge on any atom is 0.223 e. The first-order chi connectivity index (χ1) is 8.74. The van der Waals surface area contributed by atoms with Crippen molar-refractivity contribution >= 4 is 5.91 Å². The van der Waals surface area contributed by atoms with Gasteiger partial charge in [0.25, 0.3) is 0 Å². The van der Waals surface area contributed by atoms with Crippen molar-refractivity contribution in [2.45, 2.75) is 45.1 Å². The zero-order chi connectivity index (χ0) is 13.0. The molecule has 104 valence electrons. The Morgan fingerprint density at radius 1 is 1.44 bits per heavy atom. The molecule has 18 heavy (non-hydrogen) atoms. The fraction of sp³-hybridized carbons (Fsp3) is 0.929. The third-order valence-corrected chi connectivity index (χ3v) is 4.16. The van der Waals surface area contributed by atoms with E-state index in [1.807, 2.05) is 0 Å². The van der Waals surface area contributed by atoms with Crippen molar-refractivity contribution in [3.63, 3.8) is 0 Å². The molecule has 1 aliphatic carbocycles. The Bertz CT molecular complexity index is 269. The smallest absolute Gasteiger partial charge is 0.223 e. The third-order valence-electron chi connectivity index (χ3n) is 4.16. The van der Waals surface area contributed by atoms with Gasteiger partial charge in [-0.05, 0) is 31.7 Å². The van der Waals surface area contributed by atoms with E-state index in [1.165, 1.54) is 12.8 Å². The molecular weight excluding hydrogens is 228 g/mol. The molecule has 0 aromatic rings. The highest BCUT2D eigenvalue weighted by atomic mass is 16.5. The lowest BCUT2D eigenvalue weighted by Gasteiger charge is -2.26. The van der Waals surface area contributed by atoms with Crippen molar-refractivity contribution in [1.29, 1.82) is 0 Å². The molecule has 1 aliphatic heterocycles. The van der Waals surface area contributed by atoms with Crippen LogP contribution < -0.4 is 5.73 Å². The van der Waals surface area contributed by atoms with Gasteiger partial charge in [-0.3, -0.25) is 4.79 Å². The summed E-state index contributed by atoms with van der Waals surface area (Å²) in [6, 6.07) is 0.508. The van der Waals surface area contributed by atoms with Crippen LogP contribution in [0.2, 0.25) is 0 Å². The molecule has 2 aliphatic rings. The van der Waals surface area contributed by atoms with E-state index < -0.39 is 0 Å². The van der Waals surface area contributed by atoms with Crippen LogP contribution in [0.3, 0.4) is 0 Å². The predicted octanol–water partition coefficient (Wildman–Crippen LogP) is 1.39. The molecule has 2 rings (SSSR count). The summed E-state index contributed by atoms with van der Waals surface area (Å²) in [6.07, 6.45) is 5.08. The Morgan fingerprint density at radius 2 is 2.22 bits per heavy atom. The van der Waals surface area contributed by atoms with Crippen molar-refractivity contribution in [3.05, 3.63) is 0 Å². The molecule has 0 bridgehead atoms. The fourth-order valence-electron chi connectivity index (χ4n) is 2.60. The first-order valence-corrected chi connectivity index (χ1v) is 7.31. The van der Waals surface area contributed by atoms with Crippen LogP contribution in [0.25, 0.3) is 0 Å². The molecule has 4 nitrogen and oxygen atoms in total. The van der Waals surface area contributed by atoms with E-state index in [4.69, 9.17) is 10.5 Å². The van der Waals surface area contributed by atoms with Crippen molar-refractivity contribution in [2.75, 3.05) is 26.3 Å². The van der Waals surface area contributed by atoms with Gasteiger partial charge < -0.3 is 15.4 Å².